The molecule has 5 nitrogen and oxygen atoms in total. The lowest BCUT2D eigenvalue weighted by molar-refractivity contribution is 0.602. The number of oxazole rings is 1. The zero-order chi connectivity index (χ0) is 11.1. The zero-order valence-electron chi connectivity index (χ0n) is 8.71. The van der Waals surface area contributed by atoms with Gasteiger partial charge in [0.1, 0.15) is 5.52 Å². The number of nitrogens with two attached hydrogens (primary N) is 1. The number of rotatable bonds is 1. The molecule has 0 amide bonds. The van der Waals surface area contributed by atoms with Gasteiger partial charge in [0, 0.05) is 18.8 Å². The molecule has 3 rings (SSSR count). The van der Waals surface area contributed by atoms with Crippen LogP contribution in [0.4, 0.5) is 5.82 Å². The average molecular weight is 214 g/mol. The van der Waals surface area contributed by atoms with Gasteiger partial charge < -0.3 is 10.2 Å². The van der Waals surface area contributed by atoms with Crippen molar-refractivity contribution < 1.29 is 4.42 Å². The fraction of sp³-hybridized carbons (Fsp3) is 0.0909. The number of aryl methyl sites for hydroxylation is 1. The summed E-state index contributed by atoms with van der Waals surface area (Å²) in [6, 6.07) is 5.77. The lowest BCUT2D eigenvalue weighted by atomic mass is 10.1. The summed E-state index contributed by atoms with van der Waals surface area (Å²) in [6.45, 7) is 0. The molecule has 0 fully saturated rings. The van der Waals surface area contributed by atoms with Crippen LogP contribution in [0, 0.1) is 0 Å². The van der Waals surface area contributed by atoms with Gasteiger partial charge in [-0.25, -0.2) is 4.98 Å². The number of benzene rings is 1. The van der Waals surface area contributed by atoms with Gasteiger partial charge in [-0.15, -0.1) is 0 Å². The molecule has 0 aliphatic rings. The van der Waals surface area contributed by atoms with Crippen LogP contribution in [0.25, 0.3) is 22.2 Å². The first-order chi connectivity index (χ1) is 7.74. The van der Waals surface area contributed by atoms with E-state index in [-0.39, 0.29) is 0 Å². The first-order valence-corrected chi connectivity index (χ1v) is 4.87. The Kier molecular flexibility index (Phi) is 1.73. The maximum absolute atomic E-state index is 5.81. The van der Waals surface area contributed by atoms with E-state index in [0.29, 0.717) is 5.82 Å². The lowest BCUT2D eigenvalue weighted by Gasteiger charge is -1.97. The standard InChI is InChI=1S/C11H10N4O/c1-15-5-8(11(12)14-15)7-2-3-9-10(4-7)16-6-13-9/h2-6H,1H3,(H2,12,14). The fourth-order valence-electron chi connectivity index (χ4n) is 1.75. The third-order valence-corrected chi connectivity index (χ3v) is 2.50. The van der Waals surface area contributed by atoms with Crippen LogP contribution in [0.2, 0.25) is 0 Å². The van der Waals surface area contributed by atoms with Gasteiger partial charge in [0.25, 0.3) is 0 Å². The van der Waals surface area contributed by atoms with Gasteiger partial charge in [0.2, 0.25) is 0 Å². The minimum Gasteiger partial charge on any atom is -0.443 e. The van der Waals surface area contributed by atoms with E-state index in [2.05, 4.69) is 10.1 Å². The largest absolute Gasteiger partial charge is 0.443 e. The van der Waals surface area contributed by atoms with Crippen LogP contribution in [0.3, 0.4) is 0 Å². The Morgan fingerprint density at radius 3 is 3.00 bits per heavy atom. The summed E-state index contributed by atoms with van der Waals surface area (Å²) in [5.74, 6) is 0.515. The topological polar surface area (TPSA) is 69.9 Å². The molecule has 0 spiro atoms. The summed E-state index contributed by atoms with van der Waals surface area (Å²) in [6.07, 6.45) is 3.31. The molecule has 0 atom stereocenters. The lowest BCUT2D eigenvalue weighted by Crippen LogP contribution is -1.90. The van der Waals surface area contributed by atoms with Crippen molar-refractivity contribution >= 4 is 16.9 Å². The first kappa shape index (κ1) is 8.96. The molecular formula is C11H10N4O. The molecule has 0 radical (unpaired) electrons. The van der Waals surface area contributed by atoms with Crippen LogP contribution in [0.5, 0.6) is 0 Å². The molecular weight excluding hydrogens is 204 g/mol. The molecule has 5 heteroatoms. The van der Waals surface area contributed by atoms with E-state index >= 15 is 0 Å². The van der Waals surface area contributed by atoms with Gasteiger partial charge in [-0.05, 0) is 17.7 Å². The van der Waals surface area contributed by atoms with Crippen LogP contribution in [-0.2, 0) is 7.05 Å². The molecule has 16 heavy (non-hydrogen) atoms. The van der Waals surface area contributed by atoms with Crippen molar-refractivity contribution in [1.29, 1.82) is 0 Å². The number of fused-ring (bicyclic) bond motifs is 1. The number of hydrogen-bond donors (Lipinski definition) is 1. The summed E-state index contributed by atoms with van der Waals surface area (Å²) < 4.78 is 6.94. The molecule has 2 heterocycles. The SMILES string of the molecule is Cn1cc(-c2ccc3ncoc3c2)c(N)n1. The van der Waals surface area contributed by atoms with Crippen molar-refractivity contribution in [2.24, 2.45) is 7.05 Å². The monoisotopic (exact) mass is 214 g/mol. The van der Waals surface area contributed by atoms with Crippen LogP contribution in [0.15, 0.2) is 35.2 Å². The number of anilines is 1. The van der Waals surface area contributed by atoms with Crippen LogP contribution in [0.1, 0.15) is 0 Å². The minimum absolute atomic E-state index is 0.515. The summed E-state index contributed by atoms with van der Waals surface area (Å²) in [7, 11) is 1.84. The second-order valence-corrected chi connectivity index (χ2v) is 3.64. The van der Waals surface area contributed by atoms with Gasteiger partial charge in [0.05, 0.1) is 0 Å². The second kappa shape index (κ2) is 3.10. The van der Waals surface area contributed by atoms with Gasteiger partial charge in [-0.2, -0.15) is 5.10 Å². The Balaban J connectivity index is 2.21. The predicted molar refractivity (Wildman–Crippen MR) is 60.6 cm³/mol. The highest BCUT2D eigenvalue weighted by atomic mass is 16.3. The van der Waals surface area contributed by atoms with E-state index in [9.17, 15) is 0 Å². The summed E-state index contributed by atoms with van der Waals surface area (Å²) in [5.41, 5.74) is 9.29. The molecule has 2 N–H and O–H groups in total. The van der Waals surface area contributed by atoms with Crippen molar-refractivity contribution in [3.05, 3.63) is 30.8 Å². The molecule has 0 saturated carbocycles. The van der Waals surface area contributed by atoms with Crippen molar-refractivity contribution in [3.63, 3.8) is 0 Å². The Labute approximate surface area is 91.5 Å². The van der Waals surface area contributed by atoms with E-state index < -0.39 is 0 Å². The number of hydrogen-bond acceptors (Lipinski definition) is 4. The normalized spacial score (nSPS) is 11.1. The van der Waals surface area contributed by atoms with Crippen LogP contribution < -0.4 is 5.73 Å². The molecule has 0 aliphatic heterocycles. The minimum atomic E-state index is 0.515. The van der Waals surface area contributed by atoms with Crippen molar-refractivity contribution in [1.82, 2.24) is 14.8 Å². The number of aromatic nitrogens is 3. The van der Waals surface area contributed by atoms with Gasteiger partial charge in [0.15, 0.2) is 17.8 Å². The van der Waals surface area contributed by atoms with Crippen molar-refractivity contribution in [3.8, 4) is 11.1 Å². The van der Waals surface area contributed by atoms with Crippen molar-refractivity contribution in [2.45, 2.75) is 0 Å². The number of nitrogens with zero attached hydrogens (tertiary/aromatic N) is 3. The molecule has 0 saturated heterocycles. The molecule has 0 aliphatic carbocycles. The van der Waals surface area contributed by atoms with E-state index in [4.69, 9.17) is 10.2 Å². The molecule has 3 aromatic rings. The quantitative estimate of drug-likeness (QED) is 0.670. The first-order valence-electron chi connectivity index (χ1n) is 4.87. The van der Waals surface area contributed by atoms with E-state index in [1.807, 2.05) is 31.4 Å². The highest BCUT2D eigenvalue weighted by Gasteiger charge is 2.08. The Hall–Kier alpha value is -2.30. The summed E-state index contributed by atoms with van der Waals surface area (Å²) in [4.78, 5) is 4.06. The predicted octanol–water partition coefficient (Wildman–Crippen LogP) is 1.81. The Morgan fingerprint density at radius 1 is 1.38 bits per heavy atom. The molecule has 0 unspecified atom stereocenters. The van der Waals surface area contributed by atoms with E-state index in [1.54, 1.807) is 4.68 Å². The third kappa shape index (κ3) is 1.25. The van der Waals surface area contributed by atoms with Crippen LogP contribution >= 0.6 is 0 Å². The van der Waals surface area contributed by atoms with Gasteiger partial charge in [-0.1, -0.05) is 6.07 Å². The summed E-state index contributed by atoms with van der Waals surface area (Å²) >= 11 is 0. The summed E-state index contributed by atoms with van der Waals surface area (Å²) in [5, 5.41) is 4.10. The smallest absolute Gasteiger partial charge is 0.181 e. The van der Waals surface area contributed by atoms with Crippen molar-refractivity contribution in [2.75, 3.05) is 5.73 Å². The number of nitrogen functional groups attached to an aromatic ring is 1. The fourth-order valence-corrected chi connectivity index (χ4v) is 1.75. The maximum atomic E-state index is 5.81. The molecule has 0 bridgehead atoms. The average Bonchev–Trinajstić information content (AvgIpc) is 2.83. The molecule has 1 aromatic carbocycles. The van der Waals surface area contributed by atoms with E-state index in [1.165, 1.54) is 6.39 Å². The third-order valence-electron chi connectivity index (χ3n) is 2.50. The Bertz CT molecular complexity index is 653. The highest BCUT2D eigenvalue weighted by molar-refractivity contribution is 5.82. The van der Waals surface area contributed by atoms with Gasteiger partial charge in [-0.3, -0.25) is 4.68 Å². The highest BCUT2D eigenvalue weighted by Crippen LogP contribution is 2.27. The molecule has 80 valence electrons. The Morgan fingerprint density at radius 2 is 2.25 bits per heavy atom. The van der Waals surface area contributed by atoms with E-state index in [0.717, 1.165) is 22.2 Å². The zero-order valence-corrected chi connectivity index (χ0v) is 8.71. The second-order valence-electron chi connectivity index (χ2n) is 3.64. The maximum Gasteiger partial charge on any atom is 0.181 e. The van der Waals surface area contributed by atoms with Gasteiger partial charge >= 0.3 is 0 Å². The molecule has 2 aromatic heterocycles. The van der Waals surface area contributed by atoms with Crippen LogP contribution in [-0.4, -0.2) is 14.8 Å².